The molecule has 0 radical (unpaired) electrons. The molecule has 2 heterocycles. The summed E-state index contributed by atoms with van der Waals surface area (Å²) in [4.78, 5) is 16.9. The molecule has 2 aromatic heterocycles. The zero-order valence-corrected chi connectivity index (χ0v) is 10.4. The number of hydrogen-bond donors (Lipinski definition) is 0. The van der Waals surface area contributed by atoms with Crippen LogP contribution in [0, 0.1) is 0 Å². The Hall–Kier alpha value is -1.82. The maximum absolute atomic E-state index is 11.4. The number of pyridine rings is 1. The monoisotopic (exact) mass is 248 g/mol. The fraction of sp³-hybridized carbons (Fsp3) is 0.273. The molecule has 0 bridgehead atoms. The first-order valence-corrected chi connectivity index (χ1v) is 6.06. The van der Waals surface area contributed by atoms with Gasteiger partial charge < -0.3 is 0 Å². The lowest BCUT2D eigenvalue weighted by Gasteiger charge is -2.13. The Bertz CT molecular complexity index is 511. The summed E-state index contributed by atoms with van der Waals surface area (Å²) in [6.45, 7) is 4.03. The van der Waals surface area contributed by atoms with Gasteiger partial charge in [0.15, 0.2) is 0 Å². The highest BCUT2D eigenvalue weighted by molar-refractivity contribution is 7.18. The first-order valence-electron chi connectivity index (χ1n) is 5.24. The van der Waals surface area contributed by atoms with Crippen LogP contribution in [0.2, 0.25) is 0 Å². The van der Waals surface area contributed by atoms with E-state index in [1.54, 1.807) is 17.3 Å². The number of rotatable bonds is 3. The molecule has 0 atom stereocenters. The van der Waals surface area contributed by atoms with Crippen LogP contribution >= 0.6 is 11.3 Å². The molecule has 0 unspecified atom stereocenters. The molecular formula is C11H12N4OS. The molecule has 1 amide bonds. The van der Waals surface area contributed by atoms with Gasteiger partial charge >= 0.3 is 0 Å². The fourth-order valence-electron chi connectivity index (χ4n) is 1.43. The third-order valence-corrected chi connectivity index (χ3v) is 3.26. The van der Waals surface area contributed by atoms with Crippen molar-refractivity contribution >= 4 is 22.4 Å². The van der Waals surface area contributed by atoms with Crippen molar-refractivity contribution in [2.24, 2.45) is 0 Å². The third-order valence-electron chi connectivity index (χ3n) is 2.27. The minimum absolute atomic E-state index is 0.0232. The summed E-state index contributed by atoms with van der Waals surface area (Å²) in [7, 11) is 0. The molecule has 88 valence electrons. The molecule has 2 aromatic rings. The highest BCUT2D eigenvalue weighted by Crippen LogP contribution is 2.28. The van der Waals surface area contributed by atoms with Crippen LogP contribution < -0.4 is 4.90 Å². The highest BCUT2D eigenvalue weighted by Gasteiger charge is 2.15. The van der Waals surface area contributed by atoms with Gasteiger partial charge in [-0.1, -0.05) is 11.3 Å². The first kappa shape index (κ1) is 11.7. The third kappa shape index (κ3) is 2.47. The standard InChI is InChI=1S/C11H12N4OS/c1-3-15(8(2)16)11-14-13-10(17-11)9-4-6-12-7-5-9/h4-7H,3H2,1-2H3. The van der Waals surface area contributed by atoms with Crippen molar-refractivity contribution < 1.29 is 4.79 Å². The molecule has 0 fully saturated rings. The van der Waals surface area contributed by atoms with E-state index in [-0.39, 0.29) is 5.91 Å². The van der Waals surface area contributed by atoms with Crippen LogP contribution in [0.4, 0.5) is 5.13 Å². The van der Waals surface area contributed by atoms with Gasteiger partial charge in [0.05, 0.1) is 0 Å². The molecular weight excluding hydrogens is 236 g/mol. The maximum atomic E-state index is 11.4. The number of nitrogens with zero attached hydrogens (tertiary/aromatic N) is 4. The van der Waals surface area contributed by atoms with Crippen molar-refractivity contribution in [3.05, 3.63) is 24.5 Å². The summed E-state index contributed by atoms with van der Waals surface area (Å²) in [6, 6.07) is 3.74. The Kier molecular flexibility index (Phi) is 3.43. The zero-order valence-electron chi connectivity index (χ0n) is 9.62. The second-order valence-corrected chi connectivity index (χ2v) is 4.34. The van der Waals surface area contributed by atoms with E-state index in [1.165, 1.54) is 18.3 Å². The summed E-state index contributed by atoms with van der Waals surface area (Å²) in [5.41, 5.74) is 0.961. The second kappa shape index (κ2) is 5.01. The van der Waals surface area contributed by atoms with E-state index in [4.69, 9.17) is 0 Å². The molecule has 5 nitrogen and oxygen atoms in total. The summed E-state index contributed by atoms with van der Waals surface area (Å²) >= 11 is 1.40. The molecule has 2 rings (SSSR count). The predicted molar refractivity (Wildman–Crippen MR) is 66.8 cm³/mol. The SMILES string of the molecule is CCN(C(C)=O)c1nnc(-c2ccncc2)s1. The molecule has 17 heavy (non-hydrogen) atoms. The van der Waals surface area contributed by atoms with E-state index in [0.29, 0.717) is 11.7 Å². The normalized spacial score (nSPS) is 10.2. The summed E-state index contributed by atoms with van der Waals surface area (Å²) in [6.07, 6.45) is 3.41. The van der Waals surface area contributed by atoms with Crippen molar-refractivity contribution in [2.75, 3.05) is 11.4 Å². The van der Waals surface area contributed by atoms with E-state index >= 15 is 0 Å². The quantitative estimate of drug-likeness (QED) is 0.833. The molecule has 0 N–H and O–H groups in total. The fourth-order valence-corrected chi connectivity index (χ4v) is 2.39. The lowest BCUT2D eigenvalue weighted by molar-refractivity contribution is -0.116. The summed E-state index contributed by atoms with van der Waals surface area (Å²) < 4.78 is 0. The molecule has 0 aliphatic carbocycles. The van der Waals surface area contributed by atoms with Crippen LogP contribution in [0.3, 0.4) is 0 Å². The van der Waals surface area contributed by atoms with Crippen LogP contribution in [0.15, 0.2) is 24.5 Å². The average Bonchev–Trinajstić information content (AvgIpc) is 2.80. The molecule has 6 heteroatoms. The predicted octanol–water partition coefficient (Wildman–Crippen LogP) is 1.97. The molecule has 0 aliphatic heterocycles. The van der Waals surface area contributed by atoms with Gasteiger partial charge in [0.25, 0.3) is 0 Å². The molecule has 0 aromatic carbocycles. The summed E-state index contributed by atoms with van der Waals surface area (Å²) in [5.74, 6) is -0.0232. The number of anilines is 1. The van der Waals surface area contributed by atoms with E-state index < -0.39 is 0 Å². The van der Waals surface area contributed by atoms with Crippen molar-refractivity contribution in [1.29, 1.82) is 0 Å². The molecule has 0 saturated carbocycles. The lowest BCUT2D eigenvalue weighted by Crippen LogP contribution is -2.27. The Morgan fingerprint density at radius 3 is 2.65 bits per heavy atom. The van der Waals surface area contributed by atoms with Gasteiger partial charge in [-0.25, -0.2) is 0 Å². The Morgan fingerprint density at radius 2 is 2.06 bits per heavy atom. The van der Waals surface area contributed by atoms with Crippen LogP contribution in [0.25, 0.3) is 10.6 Å². The maximum Gasteiger partial charge on any atom is 0.225 e. The minimum atomic E-state index is -0.0232. The first-order chi connectivity index (χ1) is 8.22. The van der Waals surface area contributed by atoms with Crippen LogP contribution in [-0.4, -0.2) is 27.6 Å². The van der Waals surface area contributed by atoms with Gasteiger partial charge in [0, 0.05) is 31.4 Å². The second-order valence-electron chi connectivity index (χ2n) is 3.39. The number of aromatic nitrogens is 3. The topological polar surface area (TPSA) is 59.0 Å². The van der Waals surface area contributed by atoms with E-state index in [0.717, 1.165) is 10.6 Å². The van der Waals surface area contributed by atoms with Gasteiger partial charge in [-0.3, -0.25) is 14.7 Å². The number of carbonyl (C=O) groups is 1. The van der Waals surface area contributed by atoms with Crippen molar-refractivity contribution in [1.82, 2.24) is 15.2 Å². The van der Waals surface area contributed by atoms with Crippen LogP contribution in [0.1, 0.15) is 13.8 Å². The smallest absolute Gasteiger partial charge is 0.225 e. The van der Waals surface area contributed by atoms with E-state index in [2.05, 4.69) is 15.2 Å². The van der Waals surface area contributed by atoms with Crippen LogP contribution in [-0.2, 0) is 4.79 Å². The number of amides is 1. The van der Waals surface area contributed by atoms with Crippen molar-refractivity contribution in [2.45, 2.75) is 13.8 Å². The highest BCUT2D eigenvalue weighted by atomic mass is 32.1. The number of carbonyl (C=O) groups excluding carboxylic acids is 1. The van der Waals surface area contributed by atoms with Gasteiger partial charge in [-0.15, -0.1) is 10.2 Å². The van der Waals surface area contributed by atoms with Gasteiger partial charge in [0.1, 0.15) is 5.01 Å². The Labute approximate surface area is 103 Å². The van der Waals surface area contributed by atoms with Gasteiger partial charge in [-0.05, 0) is 19.1 Å². The minimum Gasteiger partial charge on any atom is -0.287 e. The Balaban J connectivity index is 2.30. The van der Waals surface area contributed by atoms with Gasteiger partial charge in [-0.2, -0.15) is 0 Å². The summed E-state index contributed by atoms with van der Waals surface area (Å²) in [5, 5.41) is 9.55. The van der Waals surface area contributed by atoms with Crippen molar-refractivity contribution in [3.63, 3.8) is 0 Å². The Morgan fingerprint density at radius 1 is 1.35 bits per heavy atom. The average molecular weight is 248 g/mol. The molecule has 0 aliphatic rings. The molecule has 0 saturated heterocycles. The van der Waals surface area contributed by atoms with E-state index in [1.807, 2.05) is 19.1 Å². The van der Waals surface area contributed by atoms with Gasteiger partial charge in [0.2, 0.25) is 11.0 Å². The lowest BCUT2D eigenvalue weighted by atomic mass is 10.3. The zero-order chi connectivity index (χ0) is 12.3. The van der Waals surface area contributed by atoms with Crippen molar-refractivity contribution in [3.8, 4) is 10.6 Å². The molecule has 0 spiro atoms. The van der Waals surface area contributed by atoms with Crippen LogP contribution in [0.5, 0.6) is 0 Å². The van der Waals surface area contributed by atoms with E-state index in [9.17, 15) is 4.79 Å². The largest absolute Gasteiger partial charge is 0.287 e. The number of hydrogen-bond acceptors (Lipinski definition) is 5.